The minimum atomic E-state index is -0.573. The number of rotatable bonds is 8. The highest BCUT2D eigenvalue weighted by Gasteiger charge is 2.53. The van der Waals surface area contributed by atoms with E-state index in [9.17, 15) is 5.11 Å². The molecule has 0 amide bonds. The molecule has 6 heteroatoms. The van der Waals surface area contributed by atoms with Crippen LogP contribution in [-0.4, -0.2) is 59.7 Å². The first kappa shape index (κ1) is 22.2. The summed E-state index contributed by atoms with van der Waals surface area (Å²) in [7, 11) is 0. The molecule has 6 nitrogen and oxygen atoms in total. The van der Waals surface area contributed by atoms with E-state index < -0.39 is 11.4 Å². The average Bonchev–Trinajstić information content (AvgIpc) is 3.24. The molecule has 0 saturated carbocycles. The summed E-state index contributed by atoms with van der Waals surface area (Å²) in [5.41, 5.74) is 0.495. The van der Waals surface area contributed by atoms with E-state index in [1.54, 1.807) is 0 Å². The van der Waals surface area contributed by atoms with Gasteiger partial charge in [0.15, 0.2) is 5.79 Å². The molecule has 4 rings (SSSR count). The fraction of sp³-hybridized carbons (Fsp3) is 0.750. The van der Waals surface area contributed by atoms with Crippen LogP contribution in [0.2, 0.25) is 0 Å². The van der Waals surface area contributed by atoms with E-state index in [0.29, 0.717) is 13.2 Å². The second-order valence-corrected chi connectivity index (χ2v) is 9.80. The highest BCUT2D eigenvalue weighted by Crippen LogP contribution is 2.44. The van der Waals surface area contributed by atoms with Gasteiger partial charge >= 0.3 is 0 Å². The highest BCUT2D eigenvalue weighted by molar-refractivity contribution is 5.13. The molecule has 0 aliphatic carbocycles. The molecule has 3 saturated heterocycles. The Bertz CT molecular complexity index is 709. The third-order valence-corrected chi connectivity index (χ3v) is 6.88. The molecule has 1 aromatic rings. The molecule has 0 bridgehead atoms. The summed E-state index contributed by atoms with van der Waals surface area (Å²) in [5.74, 6) is -0.573. The standard InChI is InChI=1S/C24H36O6/c1-22(2)27-16-21(29-22)24(4)12-10-18(26-15-17-8-6-5-7-9-17)19(28-24)11-13-23(3)20(14-25)30-23/h5-9,18-21,25H,10-16H2,1-4H3/t18-,19+,20-,21+,23-,24-/m0/s1. The zero-order valence-electron chi connectivity index (χ0n) is 18.6. The number of aliphatic hydroxyl groups is 1. The van der Waals surface area contributed by atoms with E-state index in [2.05, 4.69) is 26.0 Å². The van der Waals surface area contributed by atoms with Crippen LogP contribution in [0.25, 0.3) is 0 Å². The smallest absolute Gasteiger partial charge is 0.163 e. The van der Waals surface area contributed by atoms with Crippen LogP contribution in [-0.2, 0) is 30.3 Å². The van der Waals surface area contributed by atoms with Crippen LogP contribution in [0.1, 0.15) is 58.9 Å². The third-order valence-electron chi connectivity index (χ3n) is 6.88. The molecule has 3 aliphatic rings. The van der Waals surface area contributed by atoms with Gasteiger partial charge in [-0.1, -0.05) is 30.3 Å². The molecule has 0 aromatic heterocycles. The molecule has 168 valence electrons. The van der Waals surface area contributed by atoms with Gasteiger partial charge in [0.25, 0.3) is 0 Å². The van der Waals surface area contributed by atoms with E-state index in [1.165, 1.54) is 0 Å². The maximum atomic E-state index is 9.41. The zero-order chi connectivity index (χ0) is 21.4. The van der Waals surface area contributed by atoms with Gasteiger partial charge in [-0.05, 0) is 58.9 Å². The first-order valence-corrected chi connectivity index (χ1v) is 11.2. The average molecular weight is 421 g/mol. The summed E-state index contributed by atoms with van der Waals surface area (Å²) < 4.78 is 30.7. The molecule has 0 unspecified atom stereocenters. The Labute approximate surface area is 179 Å². The maximum Gasteiger partial charge on any atom is 0.163 e. The molecule has 0 spiro atoms. The second-order valence-electron chi connectivity index (χ2n) is 9.80. The number of hydrogen-bond donors (Lipinski definition) is 1. The Morgan fingerprint density at radius 3 is 2.47 bits per heavy atom. The van der Waals surface area contributed by atoms with Gasteiger partial charge in [0.05, 0.1) is 43.2 Å². The number of ether oxygens (including phenoxy) is 5. The Hall–Kier alpha value is -1.02. The SMILES string of the molecule is CC1(C)OC[C@H]([C@]2(C)CC[C@H](OCc3ccccc3)[C@@H](CC[C@]3(C)O[C@H]3CO)O2)O1. The van der Waals surface area contributed by atoms with Crippen molar-refractivity contribution in [2.75, 3.05) is 13.2 Å². The van der Waals surface area contributed by atoms with Crippen molar-refractivity contribution in [3.05, 3.63) is 35.9 Å². The predicted molar refractivity (Wildman–Crippen MR) is 112 cm³/mol. The summed E-state index contributed by atoms with van der Waals surface area (Å²) >= 11 is 0. The van der Waals surface area contributed by atoms with Gasteiger partial charge in [-0.2, -0.15) is 0 Å². The highest BCUT2D eigenvalue weighted by atomic mass is 16.8. The molecule has 3 aliphatic heterocycles. The van der Waals surface area contributed by atoms with Crippen molar-refractivity contribution >= 4 is 0 Å². The van der Waals surface area contributed by atoms with E-state index >= 15 is 0 Å². The summed E-state index contributed by atoms with van der Waals surface area (Å²) in [6.07, 6.45) is 3.22. The van der Waals surface area contributed by atoms with Gasteiger partial charge in [-0.3, -0.25) is 0 Å². The first-order chi connectivity index (χ1) is 14.2. The molecule has 1 aromatic carbocycles. The fourth-order valence-electron chi connectivity index (χ4n) is 4.70. The minimum Gasteiger partial charge on any atom is -0.394 e. The van der Waals surface area contributed by atoms with Crippen LogP contribution < -0.4 is 0 Å². The van der Waals surface area contributed by atoms with Crippen molar-refractivity contribution in [3.63, 3.8) is 0 Å². The molecule has 0 radical (unpaired) electrons. The van der Waals surface area contributed by atoms with Crippen LogP contribution in [0.3, 0.4) is 0 Å². The Balaban J connectivity index is 1.42. The summed E-state index contributed by atoms with van der Waals surface area (Å²) in [6.45, 7) is 9.27. The number of benzene rings is 1. The van der Waals surface area contributed by atoms with E-state index in [0.717, 1.165) is 31.2 Å². The van der Waals surface area contributed by atoms with E-state index in [-0.39, 0.29) is 36.6 Å². The van der Waals surface area contributed by atoms with Crippen LogP contribution in [0, 0.1) is 0 Å². The van der Waals surface area contributed by atoms with Crippen LogP contribution in [0.15, 0.2) is 30.3 Å². The van der Waals surface area contributed by atoms with Crippen molar-refractivity contribution in [2.24, 2.45) is 0 Å². The molecule has 3 fully saturated rings. The summed E-state index contributed by atoms with van der Waals surface area (Å²) in [4.78, 5) is 0. The van der Waals surface area contributed by atoms with Crippen molar-refractivity contribution in [3.8, 4) is 0 Å². The minimum absolute atomic E-state index is 0.0172. The molecule has 1 N–H and O–H groups in total. The zero-order valence-corrected chi connectivity index (χ0v) is 18.6. The first-order valence-electron chi connectivity index (χ1n) is 11.2. The Kier molecular flexibility index (Phi) is 6.28. The lowest BCUT2D eigenvalue weighted by Gasteiger charge is -2.45. The van der Waals surface area contributed by atoms with Gasteiger partial charge in [0, 0.05) is 0 Å². The molecule has 30 heavy (non-hydrogen) atoms. The van der Waals surface area contributed by atoms with Crippen molar-refractivity contribution in [2.45, 2.75) is 101 Å². The van der Waals surface area contributed by atoms with Crippen LogP contribution in [0.5, 0.6) is 0 Å². The normalized spacial score (nSPS) is 40.4. The van der Waals surface area contributed by atoms with Crippen molar-refractivity contribution in [1.82, 2.24) is 0 Å². The molecular weight excluding hydrogens is 384 g/mol. The van der Waals surface area contributed by atoms with Gasteiger partial charge < -0.3 is 28.8 Å². The molecule has 3 heterocycles. The van der Waals surface area contributed by atoms with E-state index in [4.69, 9.17) is 23.7 Å². The lowest BCUT2D eigenvalue weighted by Crippen LogP contribution is -2.54. The van der Waals surface area contributed by atoms with Crippen LogP contribution in [0.4, 0.5) is 0 Å². The maximum absolute atomic E-state index is 9.41. The lowest BCUT2D eigenvalue weighted by molar-refractivity contribution is -0.235. The third kappa shape index (κ3) is 4.90. The molecular formula is C24H36O6. The number of epoxide rings is 1. The Morgan fingerprint density at radius 1 is 1.07 bits per heavy atom. The fourth-order valence-corrected chi connectivity index (χ4v) is 4.70. The van der Waals surface area contributed by atoms with Gasteiger partial charge in [0.1, 0.15) is 12.2 Å². The predicted octanol–water partition coefficient (Wildman–Crippen LogP) is 3.59. The van der Waals surface area contributed by atoms with Gasteiger partial charge in [-0.25, -0.2) is 0 Å². The van der Waals surface area contributed by atoms with Crippen LogP contribution >= 0.6 is 0 Å². The van der Waals surface area contributed by atoms with Crippen molar-refractivity contribution in [1.29, 1.82) is 0 Å². The number of hydrogen-bond acceptors (Lipinski definition) is 6. The van der Waals surface area contributed by atoms with Crippen molar-refractivity contribution < 1.29 is 28.8 Å². The second kappa shape index (κ2) is 8.49. The largest absolute Gasteiger partial charge is 0.394 e. The number of aliphatic hydroxyl groups excluding tert-OH is 1. The molecule has 6 atom stereocenters. The summed E-state index contributed by atoms with van der Waals surface area (Å²) in [5, 5.41) is 9.41. The Morgan fingerprint density at radius 2 is 1.83 bits per heavy atom. The topological polar surface area (TPSA) is 69.7 Å². The van der Waals surface area contributed by atoms with Gasteiger partial charge in [0.2, 0.25) is 0 Å². The monoisotopic (exact) mass is 420 g/mol. The van der Waals surface area contributed by atoms with E-state index in [1.807, 2.05) is 32.0 Å². The summed E-state index contributed by atoms with van der Waals surface area (Å²) in [6, 6.07) is 10.2. The lowest BCUT2D eigenvalue weighted by atomic mass is 9.85. The quantitative estimate of drug-likeness (QED) is 0.648. The van der Waals surface area contributed by atoms with Gasteiger partial charge in [-0.15, -0.1) is 0 Å².